The Morgan fingerprint density at radius 2 is 1.97 bits per heavy atom. The third kappa shape index (κ3) is 6.38. The van der Waals surface area contributed by atoms with Crippen LogP contribution in [0.3, 0.4) is 0 Å². The molecule has 0 saturated carbocycles. The summed E-state index contributed by atoms with van der Waals surface area (Å²) in [6.07, 6.45) is 1.09. The highest BCUT2D eigenvalue weighted by Crippen LogP contribution is 2.28. The molecule has 166 valence electrons. The average Bonchev–Trinajstić information content (AvgIpc) is 3.29. The van der Waals surface area contributed by atoms with Gasteiger partial charge in [-0.15, -0.1) is 0 Å². The van der Waals surface area contributed by atoms with Crippen molar-refractivity contribution in [1.82, 2.24) is 15.5 Å². The van der Waals surface area contributed by atoms with Crippen molar-refractivity contribution in [1.29, 1.82) is 0 Å². The number of carbonyl (C=O) groups is 1. The number of hydrogen-bond donors (Lipinski definition) is 2. The fourth-order valence-corrected chi connectivity index (χ4v) is 3.76. The minimum Gasteiger partial charge on any atom is -0.497 e. The molecule has 2 aromatic rings. The lowest BCUT2D eigenvalue weighted by molar-refractivity contribution is -0.122. The smallest absolute Gasteiger partial charge is 0.257 e. The van der Waals surface area contributed by atoms with E-state index in [2.05, 4.69) is 32.7 Å². The summed E-state index contributed by atoms with van der Waals surface area (Å²) in [4.78, 5) is 18.4. The van der Waals surface area contributed by atoms with Gasteiger partial charge in [-0.1, -0.05) is 24.3 Å². The Kier molecular flexibility index (Phi) is 8.15. The molecular weight excluding hydrogens is 392 g/mol. The molecule has 0 bridgehead atoms. The van der Waals surface area contributed by atoms with Crippen LogP contribution in [0.2, 0.25) is 0 Å². The Morgan fingerprint density at radius 1 is 1.16 bits per heavy atom. The van der Waals surface area contributed by atoms with Gasteiger partial charge in [-0.25, -0.2) is 0 Å². The van der Waals surface area contributed by atoms with Gasteiger partial charge in [0.15, 0.2) is 12.6 Å². The highest BCUT2D eigenvalue weighted by molar-refractivity contribution is 5.80. The second-order valence-electron chi connectivity index (χ2n) is 7.50. The molecule has 31 heavy (non-hydrogen) atoms. The van der Waals surface area contributed by atoms with Crippen LogP contribution in [-0.4, -0.2) is 57.2 Å². The number of nitrogens with one attached hydrogen (secondary N) is 2. The predicted octanol–water partition coefficient (Wildman–Crippen LogP) is 2.78. The largest absolute Gasteiger partial charge is 0.497 e. The standard InChI is InChI=1S/C24H32N4O3/c1-4-26-23(29)17-31-22-7-5-6-18(14-22)15-27-24(25-2)28-13-12-20(16-28)19-8-10-21(30-3)11-9-19/h5-11,14,20H,4,12-13,15-17H2,1-3H3,(H,25,27)(H,26,29). The molecule has 7 heteroatoms. The van der Waals surface area contributed by atoms with Crippen molar-refractivity contribution in [2.75, 3.05) is 40.4 Å². The van der Waals surface area contributed by atoms with E-state index in [1.807, 2.05) is 50.4 Å². The first-order valence-corrected chi connectivity index (χ1v) is 10.7. The molecule has 1 heterocycles. The number of likely N-dealkylation sites (N-methyl/N-ethyl adjacent to an activating group) is 1. The van der Waals surface area contributed by atoms with Gasteiger partial charge in [0.1, 0.15) is 11.5 Å². The monoisotopic (exact) mass is 424 g/mol. The first-order chi connectivity index (χ1) is 15.1. The zero-order valence-electron chi connectivity index (χ0n) is 18.6. The van der Waals surface area contributed by atoms with Crippen molar-refractivity contribution in [3.05, 3.63) is 59.7 Å². The van der Waals surface area contributed by atoms with Crippen molar-refractivity contribution in [2.45, 2.75) is 25.8 Å². The van der Waals surface area contributed by atoms with Crippen LogP contribution in [-0.2, 0) is 11.3 Å². The Balaban J connectivity index is 1.52. The summed E-state index contributed by atoms with van der Waals surface area (Å²) in [6, 6.07) is 16.1. The third-order valence-electron chi connectivity index (χ3n) is 5.38. The van der Waals surface area contributed by atoms with Gasteiger partial charge in [-0.05, 0) is 48.7 Å². The first-order valence-electron chi connectivity index (χ1n) is 10.7. The molecule has 1 atom stereocenters. The van der Waals surface area contributed by atoms with E-state index >= 15 is 0 Å². The summed E-state index contributed by atoms with van der Waals surface area (Å²) in [5, 5.41) is 6.18. The van der Waals surface area contributed by atoms with Crippen LogP contribution in [0.5, 0.6) is 11.5 Å². The lowest BCUT2D eigenvalue weighted by atomic mass is 9.98. The molecule has 0 aromatic heterocycles. The second-order valence-corrected chi connectivity index (χ2v) is 7.50. The van der Waals surface area contributed by atoms with E-state index in [4.69, 9.17) is 9.47 Å². The molecule has 1 saturated heterocycles. The molecule has 2 aromatic carbocycles. The van der Waals surface area contributed by atoms with Crippen LogP contribution in [0.1, 0.15) is 30.4 Å². The molecule has 2 N–H and O–H groups in total. The van der Waals surface area contributed by atoms with Crippen molar-refractivity contribution < 1.29 is 14.3 Å². The van der Waals surface area contributed by atoms with E-state index in [9.17, 15) is 4.79 Å². The van der Waals surface area contributed by atoms with Crippen LogP contribution in [0.4, 0.5) is 0 Å². The van der Waals surface area contributed by atoms with Gasteiger partial charge in [-0.2, -0.15) is 0 Å². The topological polar surface area (TPSA) is 75.2 Å². The molecular formula is C24H32N4O3. The molecule has 1 aliphatic heterocycles. The maximum Gasteiger partial charge on any atom is 0.257 e. The Hall–Kier alpha value is -3.22. The van der Waals surface area contributed by atoms with E-state index in [1.54, 1.807) is 7.11 Å². The van der Waals surface area contributed by atoms with Gasteiger partial charge >= 0.3 is 0 Å². The molecule has 0 aliphatic carbocycles. The first kappa shape index (κ1) is 22.5. The summed E-state index contributed by atoms with van der Waals surface area (Å²) < 4.78 is 10.8. The molecule has 1 aliphatic rings. The Labute approximate surface area is 184 Å². The second kappa shape index (κ2) is 11.2. The van der Waals surface area contributed by atoms with Gasteiger partial charge in [-0.3, -0.25) is 9.79 Å². The van der Waals surface area contributed by atoms with Crippen molar-refractivity contribution in [2.24, 2.45) is 4.99 Å². The van der Waals surface area contributed by atoms with E-state index in [-0.39, 0.29) is 12.5 Å². The van der Waals surface area contributed by atoms with Crippen LogP contribution in [0.15, 0.2) is 53.5 Å². The number of hydrogen-bond acceptors (Lipinski definition) is 4. The lowest BCUT2D eigenvalue weighted by Gasteiger charge is -2.22. The quantitative estimate of drug-likeness (QED) is 0.504. The number of amides is 1. The van der Waals surface area contributed by atoms with E-state index in [1.165, 1.54) is 5.56 Å². The molecule has 0 radical (unpaired) electrons. The predicted molar refractivity (Wildman–Crippen MR) is 123 cm³/mol. The zero-order chi connectivity index (χ0) is 22.1. The molecule has 1 fully saturated rings. The highest BCUT2D eigenvalue weighted by Gasteiger charge is 2.26. The van der Waals surface area contributed by atoms with Crippen LogP contribution in [0.25, 0.3) is 0 Å². The lowest BCUT2D eigenvalue weighted by Crippen LogP contribution is -2.39. The summed E-state index contributed by atoms with van der Waals surface area (Å²) in [6.45, 7) is 5.03. The number of aliphatic imine (C=N–C) groups is 1. The molecule has 0 spiro atoms. The number of likely N-dealkylation sites (tertiary alicyclic amines) is 1. The summed E-state index contributed by atoms with van der Waals surface area (Å²) in [5.74, 6) is 2.82. The molecule has 3 rings (SSSR count). The van der Waals surface area contributed by atoms with Crippen molar-refractivity contribution >= 4 is 11.9 Å². The molecule has 1 unspecified atom stereocenters. The van der Waals surface area contributed by atoms with Gasteiger partial charge in [0.25, 0.3) is 5.91 Å². The molecule has 7 nitrogen and oxygen atoms in total. The third-order valence-corrected chi connectivity index (χ3v) is 5.38. The van der Waals surface area contributed by atoms with E-state index in [0.29, 0.717) is 24.8 Å². The van der Waals surface area contributed by atoms with E-state index < -0.39 is 0 Å². The maximum atomic E-state index is 11.6. The van der Waals surface area contributed by atoms with Gasteiger partial charge in [0, 0.05) is 39.1 Å². The fourth-order valence-electron chi connectivity index (χ4n) is 3.76. The van der Waals surface area contributed by atoms with Crippen molar-refractivity contribution in [3.8, 4) is 11.5 Å². The minimum absolute atomic E-state index is 0.0208. The number of rotatable bonds is 8. The van der Waals surface area contributed by atoms with Gasteiger partial charge < -0.3 is 25.0 Å². The minimum atomic E-state index is -0.119. The zero-order valence-corrected chi connectivity index (χ0v) is 18.6. The van der Waals surface area contributed by atoms with Crippen LogP contribution < -0.4 is 20.1 Å². The number of guanidine groups is 1. The summed E-state index contributed by atoms with van der Waals surface area (Å²) in [5.41, 5.74) is 2.40. The van der Waals surface area contributed by atoms with Crippen LogP contribution in [0, 0.1) is 0 Å². The number of carbonyl (C=O) groups excluding carboxylic acids is 1. The van der Waals surface area contributed by atoms with Gasteiger partial charge in [0.05, 0.1) is 7.11 Å². The number of nitrogens with zero attached hydrogens (tertiary/aromatic N) is 2. The molecule has 1 amide bonds. The van der Waals surface area contributed by atoms with E-state index in [0.717, 1.165) is 36.8 Å². The maximum absolute atomic E-state index is 11.6. The number of benzene rings is 2. The Morgan fingerprint density at radius 3 is 2.68 bits per heavy atom. The highest BCUT2D eigenvalue weighted by atomic mass is 16.5. The van der Waals surface area contributed by atoms with Crippen LogP contribution >= 0.6 is 0 Å². The van der Waals surface area contributed by atoms with Gasteiger partial charge in [0.2, 0.25) is 0 Å². The SMILES string of the molecule is CCNC(=O)COc1cccc(CNC(=NC)N2CCC(c3ccc(OC)cc3)C2)c1. The average molecular weight is 425 g/mol. The normalized spacial score (nSPS) is 16.2. The number of ether oxygens (including phenoxy) is 2. The summed E-state index contributed by atoms with van der Waals surface area (Å²) >= 11 is 0. The van der Waals surface area contributed by atoms with Crippen molar-refractivity contribution in [3.63, 3.8) is 0 Å². The fraction of sp³-hybridized carbons (Fsp3) is 0.417. The summed E-state index contributed by atoms with van der Waals surface area (Å²) in [7, 11) is 3.50. The Bertz CT molecular complexity index is 883. The number of methoxy groups -OCH3 is 1.